The van der Waals surface area contributed by atoms with Crippen molar-refractivity contribution >= 4 is 5.91 Å². The molecule has 4 rings (SSSR count). The molecule has 2 N–H and O–H groups in total. The third kappa shape index (κ3) is 2.72. The van der Waals surface area contributed by atoms with Crippen molar-refractivity contribution in [1.82, 2.24) is 4.90 Å². The number of fused-ring (bicyclic) bond motifs is 3. The molecule has 3 heterocycles. The number of piperidine rings is 1. The molecule has 0 radical (unpaired) electrons. The number of hydrogen-bond acceptors (Lipinski definition) is 5. The second kappa shape index (κ2) is 6.27. The number of aromatic hydroxyl groups is 1. The highest BCUT2D eigenvalue weighted by molar-refractivity contribution is 5.95. The van der Waals surface area contributed by atoms with E-state index >= 15 is 0 Å². The van der Waals surface area contributed by atoms with Crippen LogP contribution in [-0.4, -0.2) is 65.6 Å². The Morgan fingerprint density at radius 3 is 2.88 bits per heavy atom. The number of amides is 1. The van der Waals surface area contributed by atoms with Gasteiger partial charge in [-0.3, -0.25) is 4.79 Å². The molecule has 0 unspecified atom stereocenters. The molecule has 136 valence electrons. The number of aryl methyl sites for hydroxylation is 1. The van der Waals surface area contributed by atoms with Crippen LogP contribution in [0.25, 0.3) is 0 Å². The third-order valence-corrected chi connectivity index (χ3v) is 6.17. The lowest BCUT2D eigenvalue weighted by Gasteiger charge is -2.57. The zero-order chi connectivity index (χ0) is 17.6. The smallest absolute Gasteiger partial charge is 0.254 e. The molecule has 4 atom stereocenters. The highest BCUT2D eigenvalue weighted by Gasteiger charge is 2.56. The van der Waals surface area contributed by atoms with E-state index in [4.69, 9.17) is 9.47 Å². The number of carbonyl (C=O) groups is 1. The molecular weight excluding hydrogens is 322 g/mol. The van der Waals surface area contributed by atoms with E-state index in [-0.39, 0.29) is 29.5 Å². The van der Waals surface area contributed by atoms with Gasteiger partial charge in [-0.1, -0.05) is 6.07 Å². The maximum absolute atomic E-state index is 13.1. The van der Waals surface area contributed by atoms with E-state index in [0.717, 1.165) is 12.0 Å². The number of nitrogens with zero attached hydrogens (tertiary/aromatic N) is 1. The summed E-state index contributed by atoms with van der Waals surface area (Å²) < 4.78 is 11.2. The van der Waals surface area contributed by atoms with Gasteiger partial charge in [-0.05, 0) is 31.0 Å². The number of phenols is 1. The molecule has 6 heteroatoms. The van der Waals surface area contributed by atoms with Crippen LogP contribution in [0.3, 0.4) is 0 Å². The van der Waals surface area contributed by atoms with E-state index in [2.05, 4.69) is 0 Å². The topological polar surface area (TPSA) is 79.2 Å². The number of likely N-dealkylation sites (tertiary alicyclic amines) is 1. The van der Waals surface area contributed by atoms with Crippen molar-refractivity contribution in [2.45, 2.75) is 31.4 Å². The van der Waals surface area contributed by atoms with Crippen molar-refractivity contribution in [2.24, 2.45) is 11.8 Å². The van der Waals surface area contributed by atoms with E-state index in [1.165, 1.54) is 6.07 Å². The van der Waals surface area contributed by atoms with Crippen LogP contribution in [0.2, 0.25) is 0 Å². The second-order valence-corrected chi connectivity index (χ2v) is 7.51. The summed E-state index contributed by atoms with van der Waals surface area (Å²) in [5.41, 5.74) is 0.403. The molecule has 25 heavy (non-hydrogen) atoms. The number of hydrogen-bond donors (Lipinski definition) is 2. The van der Waals surface area contributed by atoms with Gasteiger partial charge in [-0.25, -0.2) is 0 Å². The lowest BCUT2D eigenvalue weighted by molar-refractivity contribution is -0.212. The Morgan fingerprint density at radius 1 is 1.28 bits per heavy atom. The quantitative estimate of drug-likeness (QED) is 0.801. The Kier molecular flexibility index (Phi) is 4.22. The maximum Gasteiger partial charge on any atom is 0.254 e. The van der Waals surface area contributed by atoms with E-state index < -0.39 is 5.60 Å². The van der Waals surface area contributed by atoms with Crippen LogP contribution in [0.1, 0.15) is 28.8 Å². The fourth-order valence-corrected chi connectivity index (χ4v) is 4.60. The van der Waals surface area contributed by atoms with Gasteiger partial charge in [-0.15, -0.1) is 0 Å². The Hall–Kier alpha value is -1.63. The third-order valence-electron chi connectivity index (χ3n) is 6.17. The minimum atomic E-state index is -0.824. The lowest BCUT2D eigenvalue weighted by Crippen LogP contribution is -2.68. The van der Waals surface area contributed by atoms with E-state index in [9.17, 15) is 15.0 Å². The number of carbonyl (C=O) groups excluding carboxylic acids is 1. The Bertz CT molecular complexity index is 678. The molecule has 1 amide bonds. The molecule has 1 aromatic carbocycles. The van der Waals surface area contributed by atoms with Crippen molar-refractivity contribution in [1.29, 1.82) is 0 Å². The van der Waals surface area contributed by atoms with Crippen LogP contribution < -0.4 is 0 Å². The van der Waals surface area contributed by atoms with E-state index in [1.807, 2.05) is 4.90 Å². The first kappa shape index (κ1) is 16.8. The normalized spacial score (nSPS) is 35.0. The van der Waals surface area contributed by atoms with Crippen molar-refractivity contribution in [3.63, 3.8) is 0 Å². The van der Waals surface area contributed by atoms with Crippen LogP contribution >= 0.6 is 0 Å². The van der Waals surface area contributed by atoms with Crippen LogP contribution in [0, 0.1) is 18.8 Å². The second-order valence-electron chi connectivity index (χ2n) is 7.51. The van der Waals surface area contributed by atoms with Crippen molar-refractivity contribution in [3.05, 3.63) is 29.3 Å². The predicted molar refractivity (Wildman–Crippen MR) is 90.5 cm³/mol. The van der Waals surface area contributed by atoms with E-state index in [0.29, 0.717) is 45.0 Å². The SMILES string of the molecule is Cc1ccc(C(=O)N2C[C@@H]3COCC[C@]3(O)[C@H]3COCC[C@H]32)cc1O. The number of phenolic OH excluding ortho intramolecular Hbond substituents is 1. The van der Waals surface area contributed by atoms with Gasteiger partial charge in [0.25, 0.3) is 5.91 Å². The summed E-state index contributed by atoms with van der Waals surface area (Å²) in [5, 5.41) is 21.3. The molecular formula is C19H25NO5. The summed E-state index contributed by atoms with van der Waals surface area (Å²) in [6, 6.07) is 5.01. The minimum Gasteiger partial charge on any atom is -0.508 e. The summed E-state index contributed by atoms with van der Waals surface area (Å²) in [4.78, 5) is 15.0. The molecule has 0 bridgehead atoms. The first-order chi connectivity index (χ1) is 12.0. The molecule has 0 aromatic heterocycles. The molecule has 3 fully saturated rings. The first-order valence-electron chi connectivity index (χ1n) is 8.99. The molecule has 3 saturated heterocycles. The summed E-state index contributed by atoms with van der Waals surface area (Å²) >= 11 is 0. The molecule has 0 aliphatic carbocycles. The summed E-state index contributed by atoms with van der Waals surface area (Å²) in [7, 11) is 0. The van der Waals surface area contributed by atoms with Crippen LogP contribution in [0.15, 0.2) is 18.2 Å². The van der Waals surface area contributed by atoms with Gasteiger partial charge in [0.05, 0.1) is 18.8 Å². The zero-order valence-electron chi connectivity index (χ0n) is 14.5. The van der Waals surface area contributed by atoms with E-state index in [1.54, 1.807) is 19.1 Å². The van der Waals surface area contributed by atoms with Crippen LogP contribution in [0.5, 0.6) is 5.75 Å². The minimum absolute atomic E-state index is 0.0379. The molecule has 3 aliphatic heterocycles. The van der Waals surface area contributed by atoms with Gasteiger partial charge in [0.2, 0.25) is 0 Å². The number of benzene rings is 1. The van der Waals surface area contributed by atoms with Crippen molar-refractivity contribution in [3.8, 4) is 5.75 Å². The first-order valence-corrected chi connectivity index (χ1v) is 8.99. The predicted octanol–water partition coefficient (Wildman–Crippen LogP) is 1.33. The number of ether oxygens (including phenoxy) is 2. The average molecular weight is 347 g/mol. The number of rotatable bonds is 1. The van der Waals surface area contributed by atoms with Crippen LogP contribution in [-0.2, 0) is 9.47 Å². The molecule has 6 nitrogen and oxygen atoms in total. The monoisotopic (exact) mass is 347 g/mol. The van der Waals surface area contributed by atoms with Gasteiger partial charge in [-0.2, -0.15) is 0 Å². The van der Waals surface area contributed by atoms with Gasteiger partial charge >= 0.3 is 0 Å². The summed E-state index contributed by atoms with van der Waals surface area (Å²) in [5.74, 6) is -0.164. The standard InChI is InChI=1S/C19H25NO5/c1-12-2-3-13(8-17(12)21)18(22)20-9-14-10-25-7-5-19(14,23)15-11-24-6-4-16(15)20/h2-3,8,14-16,21,23H,4-7,9-11H2,1H3/t14-,15+,16-,19-/m1/s1. The Morgan fingerprint density at radius 2 is 2.08 bits per heavy atom. The molecule has 1 aromatic rings. The Balaban J connectivity index is 1.66. The van der Waals surface area contributed by atoms with Gasteiger partial charge in [0, 0.05) is 49.6 Å². The maximum atomic E-state index is 13.1. The zero-order valence-corrected chi connectivity index (χ0v) is 14.5. The molecule has 0 saturated carbocycles. The highest BCUT2D eigenvalue weighted by atomic mass is 16.5. The van der Waals surface area contributed by atoms with Gasteiger partial charge in [0.15, 0.2) is 0 Å². The molecule has 3 aliphatic rings. The van der Waals surface area contributed by atoms with Crippen molar-refractivity contribution in [2.75, 3.05) is 33.0 Å². The van der Waals surface area contributed by atoms with Crippen LogP contribution in [0.4, 0.5) is 0 Å². The Labute approximate surface area is 147 Å². The largest absolute Gasteiger partial charge is 0.508 e. The van der Waals surface area contributed by atoms with Gasteiger partial charge < -0.3 is 24.6 Å². The average Bonchev–Trinajstić information content (AvgIpc) is 2.63. The van der Waals surface area contributed by atoms with Gasteiger partial charge in [0.1, 0.15) is 5.75 Å². The lowest BCUT2D eigenvalue weighted by atomic mass is 9.66. The fourth-order valence-electron chi connectivity index (χ4n) is 4.60. The van der Waals surface area contributed by atoms with Crippen molar-refractivity contribution < 1.29 is 24.5 Å². The molecule has 0 spiro atoms. The fraction of sp³-hybridized carbons (Fsp3) is 0.632. The highest BCUT2D eigenvalue weighted by Crippen LogP contribution is 2.44. The number of aliphatic hydroxyl groups is 1. The summed E-state index contributed by atoms with van der Waals surface area (Å²) in [6.07, 6.45) is 1.32. The summed E-state index contributed by atoms with van der Waals surface area (Å²) in [6.45, 7) is 4.37.